The molecule has 1 amide bonds. The number of hydrogen-bond donors (Lipinski definition) is 1. The minimum atomic E-state index is -0.327. The van der Waals surface area contributed by atoms with Crippen LogP contribution < -0.4 is 5.73 Å². The summed E-state index contributed by atoms with van der Waals surface area (Å²) in [7, 11) is 0. The molecular weight excluding hydrogens is 256 g/mol. The zero-order valence-electron chi connectivity index (χ0n) is 10.7. The molecule has 0 saturated heterocycles. The van der Waals surface area contributed by atoms with E-state index in [-0.39, 0.29) is 12.3 Å². The van der Waals surface area contributed by atoms with Crippen LogP contribution in [0, 0.1) is 0 Å². The van der Waals surface area contributed by atoms with Crippen molar-refractivity contribution in [1.29, 1.82) is 0 Å². The number of aromatic nitrogens is 1. The number of fused-ring (bicyclic) bond motifs is 1. The number of aryl methyl sites for hydroxylation is 2. The Balaban J connectivity index is 1.89. The van der Waals surface area contributed by atoms with E-state index in [4.69, 9.17) is 5.73 Å². The zero-order chi connectivity index (χ0) is 13.2. The van der Waals surface area contributed by atoms with Crippen LogP contribution in [0.1, 0.15) is 29.0 Å². The van der Waals surface area contributed by atoms with E-state index in [1.807, 2.05) is 5.38 Å². The van der Waals surface area contributed by atoms with E-state index in [0.29, 0.717) is 0 Å². The molecule has 4 heteroatoms. The van der Waals surface area contributed by atoms with Crippen molar-refractivity contribution in [2.45, 2.75) is 32.1 Å². The predicted molar refractivity (Wildman–Crippen MR) is 77.1 cm³/mol. The normalized spacial score (nSPS) is 14.1. The number of nitrogens with two attached hydrogens (primary N) is 1. The van der Waals surface area contributed by atoms with Gasteiger partial charge in [-0.15, -0.1) is 11.3 Å². The van der Waals surface area contributed by atoms with Gasteiger partial charge in [0.25, 0.3) is 0 Å². The summed E-state index contributed by atoms with van der Waals surface area (Å²) in [5, 5.41) is 2.79. The second-order valence-electron chi connectivity index (χ2n) is 4.96. The van der Waals surface area contributed by atoms with Gasteiger partial charge in [0.15, 0.2) is 0 Å². The minimum Gasteiger partial charge on any atom is -0.369 e. The first kappa shape index (κ1) is 12.4. The summed E-state index contributed by atoms with van der Waals surface area (Å²) in [5.74, 6) is -0.327. The monoisotopic (exact) mass is 272 g/mol. The largest absolute Gasteiger partial charge is 0.369 e. The summed E-state index contributed by atoms with van der Waals surface area (Å²) in [6, 6.07) is 6.60. The van der Waals surface area contributed by atoms with Gasteiger partial charge in [-0.1, -0.05) is 12.1 Å². The fourth-order valence-corrected chi connectivity index (χ4v) is 3.38. The first-order chi connectivity index (χ1) is 9.22. The van der Waals surface area contributed by atoms with Gasteiger partial charge in [-0.2, -0.15) is 0 Å². The van der Waals surface area contributed by atoms with E-state index >= 15 is 0 Å². The number of hydrogen-bond acceptors (Lipinski definition) is 3. The molecule has 0 fully saturated rings. The maximum absolute atomic E-state index is 10.9. The lowest BCUT2D eigenvalue weighted by molar-refractivity contribution is -0.117. The van der Waals surface area contributed by atoms with E-state index < -0.39 is 0 Å². The van der Waals surface area contributed by atoms with Gasteiger partial charge < -0.3 is 5.73 Å². The van der Waals surface area contributed by atoms with Crippen LogP contribution in [0.3, 0.4) is 0 Å². The van der Waals surface area contributed by atoms with E-state index in [1.54, 1.807) is 0 Å². The molecule has 0 spiro atoms. The summed E-state index contributed by atoms with van der Waals surface area (Å²) in [5.41, 5.74) is 10.2. The summed E-state index contributed by atoms with van der Waals surface area (Å²) in [4.78, 5) is 15.4. The van der Waals surface area contributed by atoms with Crippen molar-refractivity contribution in [2.24, 2.45) is 5.73 Å². The highest BCUT2D eigenvalue weighted by Gasteiger charge is 2.12. The fraction of sp³-hybridized carbons (Fsp3) is 0.333. The molecule has 3 nitrogen and oxygen atoms in total. The molecule has 1 aromatic heterocycles. The minimum absolute atomic E-state index is 0.232. The van der Waals surface area contributed by atoms with Gasteiger partial charge in [-0.3, -0.25) is 4.79 Å². The van der Waals surface area contributed by atoms with E-state index in [9.17, 15) is 4.79 Å². The van der Waals surface area contributed by atoms with Gasteiger partial charge in [0.1, 0.15) is 5.01 Å². The predicted octanol–water partition coefficient (Wildman–Crippen LogP) is 2.72. The second kappa shape index (κ2) is 5.13. The van der Waals surface area contributed by atoms with Crippen LogP contribution in [0.25, 0.3) is 11.3 Å². The van der Waals surface area contributed by atoms with Gasteiger partial charge in [0, 0.05) is 10.9 Å². The first-order valence-electron chi connectivity index (χ1n) is 6.57. The van der Waals surface area contributed by atoms with Crippen molar-refractivity contribution in [1.82, 2.24) is 4.98 Å². The third kappa shape index (κ3) is 2.68. The molecule has 0 radical (unpaired) electrons. The molecule has 3 rings (SSSR count). The summed E-state index contributed by atoms with van der Waals surface area (Å²) >= 11 is 1.50. The molecule has 2 aromatic rings. The maximum atomic E-state index is 10.9. The van der Waals surface area contributed by atoms with Crippen LogP contribution in [0.15, 0.2) is 23.6 Å². The van der Waals surface area contributed by atoms with Crippen molar-refractivity contribution in [2.75, 3.05) is 0 Å². The number of carbonyl (C=O) groups is 1. The average molecular weight is 272 g/mol. The molecule has 2 N–H and O–H groups in total. The number of carbonyl (C=O) groups excluding carboxylic acids is 1. The van der Waals surface area contributed by atoms with E-state index in [1.165, 1.54) is 48.1 Å². The molecular formula is C15H16N2OS. The van der Waals surface area contributed by atoms with Crippen molar-refractivity contribution in [3.8, 4) is 11.3 Å². The molecule has 1 aromatic carbocycles. The average Bonchev–Trinajstić information content (AvgIpc) is 2.86. The van der Waals surface area contributed by atoms with Crippen LogP contribution in [0.2, 0.25) is 0 Å². The Morgan fingerprint density at radius 3 is 2.84 bits per heavy atom. The highest BCUT2D eigenvalue weighted by Crippen LogP contribution is 2.28. The van der Waals surface area contributed by atoms with Crippen LogP contribution in [0.4, 0.5) is 0 Å². The third-order valence-corrected chi connectivity index (χ3v) is 4.37. The highest BCUT2D eigenvalue weighted by molar-refractivity contribution is 7.10. The standard InChI is InChI=1S/C15H16N2OS/c16-14(18)8-15-17-13(9-19-15)12-6-5-10-3-1-2-4-11(10)7-12/h5-7,9H,1-4,8H2,(H2,16,18). The number of nitrogens with zero attached hydrogens (tertiary/aromatic N) is 1. The molecule has 1 aliphatic rings. The zero-order valence-corrected chi connectivity index (χ0v) is 11.5. The van der Waals surface area contributed by atoms with Gasteiger partial charge in [-0.05, 0) is 42.9 Å². The second-order valence-corrected chi connectivity index (χ2v) is 5.90. The number of amides is 1. The quantitative estimate of drug-likeness (QED) is 0.934. The lowest BCUT2D eigenvalue weighted by Gasteiger charge is -2.16. The van der Waals surface area contributed by atoms with Crippen LogP contribution >= 0.6 is 11.3 Å². The maximum Gasteiger partial charge on any atom is 0.224 e. The van der Waals surface area contributed by atoms with Crippen LogP contribution in [0.5, 0.6) is 0 Å². The Morgan fingerprint density at radius 2 is 2.05 bits per heavy atom. The van der Waals surface area contributed by atoms with E-state index in [0.717, 1.165) is 16.3 Å². The lowest BCUT2D eigenvalue weighted by atomic mass is 9.90. The molecule has 0 bridgehead atoms. The third-order valence-electron chi connectivity index (χ3n) is 3.52. The fourth-order valence-electron chi connectivity index (χ4n) is 2.57. The number of rotatable bonds is 3. The van der Waals surface area contributed by atoms with Gasteiger partial charge in [0.05, 0.1) is 12.1 Å². The number of thiazole rings is 1. The van der Waals surface area contributed by atoms with Crippen molar-refractivity contribution in [3.05, 3.63) is 39.7 Å². The molecule has 1 heterocycles. The van der Waals surface area contributed by atoms with Gasteiger partial charge in [-0.25, -0.2) is 4.98 Å². The summed E-state index contributed by atoms with van der Waals surface area (Å²) in [6.45, 7) is 0. The molecule has 1 aliphatic carbocycles. The molecule has 98 valence electrons. The van der Waals surface area contributed by atoms with E-state index in [2.05, 4.69) is 23.2 Å². The Kier molecular flexibility index (Phi) is 3.34. The lowest BCUT2D eigenvalue weighted by Crippen LogP contribution is -2.13. The Hall–Kier alpha value is -1.68. The molecule has 0 aliphatic heterocycles. The highest BCUT2D eigenvalue weighted by atomic mass is 32.1. The Bertz CT molecular complexity index is 618. The Morgan fingerprint density at radius 1 is 1.26 bits per heavy atom. The van der Waals surface area contributed by atoms with Gasteiger partial charge in [0.2, 0.25) is 5.91 Å². The molecule has 0 unspecified atom stereocenters. The van der Waals surface area contributed by atoms with Crippen LogP contribution in [-0.4, -0.2) is 10.9 Å². The SMILES string of the molecule is NC(=O)Cc1nc(-c2ccc3c(c2)CCCC3)cs1. The van der Waals surface area contributed by atoms with Gasteiger partial charge >= 0.3 is 0 Å². The molecule has 19 heavy (non-hydrogen) atoms. The molecule has 0 saturated carbocycles. The number of primary amides is 1. The summed E-state index contributed by atoms with van der Waals surface area (Å²) in [6.07, 6.45) is 5.17. The van der Waals surface area contributed by atoms with Crippen molar-refractivity contribution < 1.29 is 4.79 Å². The topological polar surface area (TPSA) is 56.0 Å². The molecule has 0 atom stereocenters. The summed E-state index contributed by atoms with van der Waals surface area (Å²) < 4.78 is 0. The Labute approximate surface area is 116 Å². The van der Waals surface area contributed by atoms with Crippen molar-refractivity contribution >= 4 is 17.2 Å². The van der Waals surface area contributed by atoms with Crippen molar-refractivity contribution in [3.63, 3.8) is 0 Å². The smallest absolute Gasteiger partial charge is 0.224 e. The first-order valence-corrected chi connectivity index (χ1v) is 7.45. The number of benzene rings is 1. The van der Waals surface area contributed by atoms with Crippen LogP contribution in [-0.2, 0) is 24.1 Å².